The van der Waals surface area contributed by atoms with Crippen LogP contribution < -0.4 is 4.72 Å². The van der Waals surface area contributed by atoms with Crippen LogP contribution in [0.1, 0.15) is 12.5 Å². The number of aryl methyl sites for hydroxylation is 1. The van der Waals surface area contributed by atoms with Crippen LogP contribution in [0.25, 0.3) is 0 Å². The predicted molar refractivity (Wildman–Crippen MR) is 78.7 cm³/mol. The lowest BCUT2D eigenvalue weighted by Gasteiger charge is -2.10. The molecule has 0 atom stereocenters. The third-order valence-electron chi connectivity index (χ3n) is 2.54. The van der Waals surface area contributed by atoms with Crippen molar-refractivity contribution >= 4 is 15.7 Å². The van der Waals surface area contributed by atoms with E-state index in [0.717, 1.165) is 5.57 Å². The second-order valence-corrected chi connectivity index (χ2v) is 6.29. The molecule has 0 spiro atoms. The first-order valence-electron chi connectivity index (χ1n) is 6.21. The van der Waals surface area contributed by atoms with Gasteiger partial charge in [-0.25, -0.2) is 13.1 Å². The molecule has 116 valence electrons. The highest BCUT2D eigenvalue weighted by molar-refractivity contribution is 7.89. The second-order valence-electron chi connectivity index (χ2n) is 4.59. The van der Waals surface area contributed by atoms with E-state index in [9.17, 15) is 18.5 Å². The number of benzene rings is 1. The zero-order valence-corrected chi connectivity index (χ0v) is 12.8. The Morgan fingerprint density at radius 2 is 2.14 bits per heavy atom. The largest absolute Gasteiger partial charge is 0.376 e. The fourth-order valence-corrected chi connectivity index (χ4v) is 3.10. The van der Waals surface area contributed by atoms with Crippen LogP contribution in [0.2, 0.25) is 0 Å². The highest BCUT2D eigenvalue weighted by Gasteiger charge is 2.27. The summed E-state index contributed by atoms with van der Waals surface area (Å²) in [5, 5.41) is 11.0. The maximum absolute atomic E-state index is 12.2. The topological polar surface area (TPSA) is 98.5 Å². The molecule has 1 aromatic carbocycles. The number of sulfonamides is 1. The van der Waals surface area contributed by atoms with Crippen LogP contribution in [0, 0.1) is 17.0 Å². The Bertz CT molecular complexity index is 640. The molecule has 0 fully saturated rings. The molecule has 0 aromatic heterocycles. The molecule has 0 radical (unpaired) electrons. The first-order chi connectivity index (χ1) is 9.75. The summed E-state index contributed by atoms with van der Waals surface area (Å²) in [6.45, 7) is 7.49. The molecule has 0 saturated carbocycles. The van der Waals surface area contributed by atoms with E-state index in [1.807, 2.05) is 0 Å². The molecule has 0 amide bonds. The van der Waals surface area contributed by atoms with Crippen LogP contribution in [0.4, 0.5) is 5.69 Å². The third-order valence-corrected chi connectivity index (χ3v) is 4.20. The molecule has 0 aliphatic rings. The molecule has 8 heteroatoms. The molecule has 0 heterocycles. The minimum absolute atomic E-state index is 0.0289. The van der Waals surface area contributed by atoms with E-state index in [1.165, 1.54) is 25.1 Å². The van der Waals surface area contributed by atoms with Gasteiger partial charge >= 0.3 is 0 Å². The second kappa shape index (κ2) is 7.30. The summed E-state index contributed by atoms with van der Waals surface area (Å²) in [4.78, 5) is 9.93. The molecular weight excluding hydrogens is 296 g/mol. The first-order valence-corrected chi connectivity index (χ1v) is 7.70. The van der Waals surface area contributed by atoms with E-state index in [0.29, 0.717) is 12.2 Å². The van der Waals surface area contributed by atoms with E-state index >= 15 is 0 Å². The van der Waals surface area contributed by atoms with E-state index in [4.69, 9.17) is 4.74 Å². The third kappa shape index (κ3) is 4.92. The predicted octanol–water partition coefficient (Wildman–Crippen LogP) is 1.77. The first kappa shape index (κ1) is 17.3. The SMILES string of the molecule is C=C(C)COCCNS(=O)(=O)c1c(C)cccc1[N+](=O)[O-]. The van der Waals surface area contributed by atoms with Crippen LogP contribution >= 0.6 is 0 Å². The van der Waals surface area contributed by atoms with Crippen LogP contribution in [-0.4, -0.2) is 33.1 Å². The summed E-state index contributed by atoms with van der Waals surface area (Å²) < 4.78 is 31.8. The van der Waals surface area contributed by atoms with Crippen LogP contribution in [0.5, 0.6) is 0 Å². The molecule has 21 heavy (non-hydrogen) atoms. The van der Waals surface area contributed by atoms with Crippen molar-refractivity contribution in [2.45, 2.75) is 18.7 Å². The van der Waals surface area contributed by atoms with Gasteiger partial charge in [0.2, 0.25) is 10.0 Å². The molecule has 1 aromatic rings. The number of ether oxygens (including phenoxy) is 1. The minimum atomic E-state index is -3.96. The summed E-state index contributed by atoms with van der Waals surface area (Å²) in [5.41, 5.74) is 0.706. The van der Waals surface area contributed by atoms with E-state index in [-0.39, 0.29) is 18.0 Å². The number of hydrogen-bond acceptors (Lipinski definition) is 5. The van der Waals surface area contributed by atoms with E-state index < -0.39 is 20.6 Å². The summed E-state index contributed by atoms with van der Waals surface area (Å²) in [6, 6.07) is 4.13. The average molecular weight is 314 g/mol. The Balaban J connectivity index is 2.84. The van der Waals surface area contributed by atoms with Crippen molar-refractivity contribution < 1.29 is 18.1 Å². The Morgan fingerprint density at radius 3 is 2.71 bits per heavy atom. The fraction of sp³-hybridized carbons (Fsp3) is 0.385. The van der Waals surface area contributed by atoms with Gasteiger partial charge in [-0.1, -0.05) is 24.3 Å². The van der Waals surface area contributed by atoms with E-state index in [2.05, 4.69) is 11.3 Å². The van der Waals surface area contributed by atoms with Crippen LogP contribution in [0.15, 0.2) is 35.2 Å². The molecule has 0 bridgehead atoms. The summed E-state index contributed by atoms with van der Waals surface area (Å²) >= 11 is 0. The van der Waals surface area contributed by atoms with Crippen molar-refractivity contribution in [1.29, 1.82) is 0 Å². The van der Waals surface area contributed by atoms with Gasteiger partial charge in [-0.05, 0) is 19.4 Å². The molecule has 1 rings (SSSR count). The summed E-state index contributed by atoms with van der Waals surface area (Å²) in [7, 11) is -3.96. The fourth-order valence-electron chi connectivity index (χ4n) is 1.70. The monoisotopic (exact) mass is 314 g/mol. The number of hydrogen-bond donors (Lipinski definition) is 1. The lowest BCUT2D eigenvalue weighted by Crippen LogP contribution is -2.28. The summed E-state index contributed by atoms with van der Waals surface area (Å²) in [5.74, 6) is 0. The average Bonchev–Trinajstić information content (AvgIpc) is 2.37. The maximum atomic E-state index is 12.2. The van der Waals surface area contributed by atoms with Crippen LogP contribution in [-0.2, 0) is 14.8 Å². The number of rotatable bonds is 8. The normalized spacial score (nSPS) is 11.3. The Labute approximate surface area is 123 Å². The highest BCUT2D eigenvalue weighted by atomic mass is 32.2. The smallest absolute Gasteiger partial charge is 0.289 e. The standard InChI is InChI=1S/C13H18N2O5S/c1-10(2)9-20-8-7-14-21(18,19)13-11(3)5-4-6-12(13)15(16)17/h4-6,14H,1,7-9H2,2-3H3. The van der Waals surface area contributed by atoms with Crippen LogP contribution in [0.3, 0.4) is 0 Å². The lowest BCUT2D eigenvalue weighted by molar-refractivity contribution is -0.387. The highest BCUT2D eigenvalue weighted by Crippen LogP contribution is 2.26. The van der Waals surface area contributed by atoms with Crippen molar-refractivity contribution in [3.63, 3.8) is 0 Å². The molecule has 0 saturated heterocycles. The molecule has 0 aliphatic heterocycles. The van der Waals surface area contributed by atoms with Gasteiger partial charge in [0.25, 0.3) is 5.69 Å². The zero-order chi connectivity index (χ0) is 16.0. The van der Waals surface area contributed by atoms with Crippen molar-refractivity contribution in [3.05, 3.63) is 46.0 Å². The Morgan fingerprint density at radius 1 is 1.48 bits per heavy atom. The van der Waals surface area contributed by atoms with Gasteiger partial charge in [-0.3, -0.25) is 10.1 Å². The van der Waals surface area contributed by atoms with Gasteiger partial charge in [0.1, 0.15) is 0 Å². The van der Waals surface area contributed by atoms with Crippen molar-refractivity contribution in [2.24, 2.45) is 0 Å². The van der Waals surface area contributed by atoms with Crippen molar-refractivity contribution in [3.8, 4) is 0 Å². The van der Waals surface area contributed by atoms with Crippen molar-refractivity contribution in [1.82, 2.24) is 4.72 Å². The van der Waals surface area contributed by atoms with Gasteiger partial charge < -0.3 is 4.74 Å². The zero-order valence-electron chi connectivity index (χ0n) is 12.0. The van der Waals surface area contributed by atoms with Gasteiger partial charge in [0, 0.05) is 12.6 Å². The van der Waals surface area contributed by atoms with Gasteiger partial charge in [0.15, 0.2) is 4.90 Å². The minimum Gasteiger partial charge on any atom is -0.376 e. The number of nitro benzene ring substituents is 1. The Kier molecular flexibility index (Phi) is 6.01. The Hall–Kier alpha value is -1.77. The molecule has 0 aliphatic carbocycles. The lowest BCUT2D eigenvalue weighted by atomic mass is 10.2. The summed E-state index contributed by atoms with van der Waals surface area (Å²) in [6.07, 6.45) is 0. The number of nitrogens with zero attached hydrogens (tertiary/aromatic N) is 1. The van der Waals surface area contributed by atoms with E-state index in [1.54, 1.807) is 6.92 Å². The number of nitro groups is 1. The van der Waals surface area contributed by atoms with Crippen molar-refractivity contribution in [2.75, 3.05) is 19.8 Å². The molecule has 7 nitrogen and oxygen atoms in total. The molecule has 1 N–H and O–H groups in total. The quantitative estimate of drug-likeness (QED) is 0.341. The maximum Gasteiger partial charge on any atom is 0.289 e. The van der Waals surface area contributed by atoms with Gasteiger partial charge in [-0.15, -0.1) is 0 Å². The van der Waals surface area contributed by atoms with Gasteiger partial charge in [-0.2, -0.15) is 0 Å². The molecular formula is C13H18N2O5S. The molecule has 0 unspecified atom stereocenters. The van der Waals surface area contributed by atoms with Gasteiger partial charge in [0.05, 0.1) is 18.1 Å². The number of nitrogens with one attached hydrogen (secondary N) is 1.